The van der Waals surface area contributed by atoms with Gasteiger partial charge < -0.3 is 10.4 Å². The first kappa shape index (κ1) is 13.5. The molecule has 1 aliphatic rings. The van der Waals surface area contributed by atoms with Gasteiger partial charge in [-0.05, 0) is 31.2 Å². The summed E-state index contributed by atoms with van der Waals surface area (Å²) in [4.78, 5) is 11.0. The number of aliphatic carboxylic acids is 1. The van der Waals surface area contributed by atoms with Crippen molar-refractivity contribution in [2.75, 3.05) is 6.54 Å². The smallest absolute Gasteiger partial charge is 0.305 e. The third-order valence-electron chi connectivity index (χ3n) is 4.20. The van der Waals surface area contributed by atoms with Crippen molar-refractivity contribution in [1.82, 2.24) is 5.32 Å². The molecule has 3 atom stereocenters. The van der Waals surface area contributed by atoms with Gasteiger partial charge in [-0.3, -0.25) is 4.79 Å². The highest BCUT2D eigenvalue weighted by Crippen LogP contribution is 2.39. The highest BCUT2D eigenvalue weighted by molar-refractivity contribution is 5.68. The molecule has 0 saturated heterocycles. The van der Waals surface area contributed by atoms with Crippen LogP contribution in [0, 0.1) is 11.8 Å². The average molecular weight is 227 g/mol. The summed E-state index contributed by atoms with van der Waals surface area (Å²) < 4.78 is 0. The SMILES string of the molecule is CCCNC1(CC(=O)O)CCCC(C)C1C. The fraction of sp³-hybridized carbons (Fsp3) is 0.923. The van der Waals surface area contributed by atoms with E-state index in [1.807, 2.05) is 0 Å². The Kier molecular flexibility index (Phi) is 4.78. The van der Waals surface area contributed by atoms with E-state index < -0.39 is 5.97 Å². The summed E-state index contributed by atoms with van der Waals surface area (Å²) in [6, 6.07) is 0. The normalized spacial score (nSPS) is 34.9. The molecule has 2 N–H and O–H groups in total. The van der Waals surface area contributed by atoms with Crippen LogP contribution in [0.25, 0.3) is 0 Å². The minimum atomic E-state index is -0.676. The number of carbonyl (C=O) groups is 1. The predicted octanol–water partition coefficient (Wildman–Crippen LogP) is 2.66. The zero-order valence-electron chi connectivity index (χ0n) is 10.8. The van der Waals surface area contributed by atoms with Gasteiger partial charge in [0.25, 0.3) is 0 Å². The molecule has 0 bridgehead atoms. The van der Waals surface area contributed by atoms with E-state index in [1.54, 1.807) is 0 Å². The molecule has 16 heavy (non-hydrogen) atoms. The van der Waals surface area contributed by atoms with Crippen LogP contribution in [0.3, 0.4) is 0 Å². The van der Waals surface area contributed by atoms with Crippen LogP contribution >= 0.6 is 0 Å². The Bertz CT molecular complexity index is 242. The summed E-state index contributed by atoms with van der Waals surface area (Å²) in [5.74, 6) is 0.394. The van der Waals surface area contributed by atoms with E-state index in [0.29, 0.717) is 11.8 Å². The Morgan fingerprint density at radius 1 is 1.50 bits per heavy atom. The summed E-state index contributed by atoms with van der Waals surface area (Å²) in [5.41, 5.74) is -0.167. The quantitative estimate of drug-likeness (QED) is 0.759. The molecule has 0 amide bonds. The lowest BCUT2D eigenvalue weighted by Gasteiger charge is -2.46. The molecule has 1 aliphatic carbocycles. The Hall–Kier alpha value is -0.570. The summed E-state index contributed by atoms with van der Waals surface area (Å²) in [5, 5.41) is 12.6. The van der Waals surface area contributed by atoms with Crippen LogP contribution in [0.4, 0.5) is 0 Å². The third-order valence-corrected chi connectivity index (χ3v) is 4.20. The molecule has 1 rings (SSSR count). The molecule has 1 fully saturated rings. The van der Waals surface area contributed by atoms with Crippen molar-refractivity contribution in [3.63, 3.8) is 0 Å². The van der Waals surface area contributed by atoms with Gasteiger partial charge in [-0.25, -0.2) is 0 Å². The largest absolute Gasteiger partial charge is 0.481 e. The van der Waals surface area contributed by atoms with Crippen LogP contribution in [0.5, 0.6) is 0 Å². The molecule has 0 aliphatic heterocycles. The van der Waals surface area contributed by atoms with Crippen LogP contribution in [0.15, 0.2) is 0 Å². The Labute approximate surface area is 98.6 Å². The number of carboxylic acids is 1. The minimum absolute atomic E-state index is 0.167. The van der Waals surface area contributed by atoms with Gasteiger partial charge in [0.2, 0.25) is 0 Å². The molecule has 1 saturated carbocycles. The van der Waals surface area contributed by atoms with Crippen molar-refractivity contribution in [3.05, 3.63) is 0 Å². The zero-order chi connectivity index (χ0) is 12.2. The van der Waals surface area contributed by atoms with Crippen LogP contribution < -0.4 is 5.32 Å². The van der Waals surface area contributed by atoms with E-state index in [2.05, 4.69) is 26.1 Å². The third kappa shape index (κ3) is 2.97. The van der Waals surface area contributed by atoms with Gasteiger partial charge in [-0.1, -0.05) is 33.6 Å². The second-order valence-corrected chi connectivity index (χ2v) is 5.31. The van der Waals surface area contributed by atoms with E-state index in [9.17, 15) is 4.79 Å². The molecule has 0 aromatic heterocycles. The molecular weight excluding hydrogens is 202 g/mol. The molecule has 0 spiro atoms. The maximum atomic E-state index is 11.0. The molecule has 94 valence electrons. The van der Waals surface area contributed by atoms with Crippen LogP contribution in [0.1, 0.15) is 52.9 Å². The predicted molar refractivity (Wildman–Crippen MR) is 65.5 cm³/mol. The van der Waals surface area contributed by atoms with Crippen molar-refractivity contribution < 1.29 is 9.90 Å². The van der Waals surface area contributed by atoms with Gasteiger partial charge in [0.1, 0.15) is 0 Å². The van der Waals surface area contributed by atoms with Gasteiger partial charge in [0.05, 0.1) is 6.42 Å². The van der Waals surface area contributed by atoms with E-state index in [1.165, 1.54) is 6.42 Å². The number of rotatable bonds is 5. The van der Waals surface area contributed by atoms with Gasteiger partial charge in [-0.2, -0.15) is 0 Å². The summed E-state index contributed by atoms with van der Waals surface area (Å²) in [6.45, 7) is 7.49. The maximum absolute atomic E-state index is 11.0. The van der Waals surface area contributed by atoms with Crippen molar-refractivity contribution in [2.45, 2.75) is 58.4 Å². The van der Waals surface area contributed by atoms with Crippen LogP contribution in [0.2, 0.25) is 0 Å². The first-order chi connectivity index (χ1) is 7.52. The Balaban J connectivity index is 2.78. The standard InChI is InChI=1S/C13H25NO2/c1-4-8-14-13(9-12(15)16)7-5-6-10(2)11(13)3/h10-11,14H,4-9H2,1-3H3,(H,15,16). The zero-order valence-corrected chi connectivity index (χ0v) is 10.8. The van der Waals surface area contributed by atoms with Crippen molar-refractivity contribution in [2.24, 2.45) is 11.8 Å². The summed E-state index contributed by atoms with van der Waals surface area (Å²) >= 11 is 0. The van der Waals surface area contributed by atoms with E-state index in [-0.39, 0.29) is 12.0 Å². The first-order valence-electron chi connectivity index (χ1n) is 6.48. The molecule has 3 unspecified atom stereocenters. The molecular formula is C13H25NO2. The average Bonchev–Trinajstić information content (AvgIpc) is 2.22. The van der Waals surface area contributed by atoms with Crippen LogP contribution in [-0.2, 0) is 4.79 Å². The summed E-state index contributed by atoms with van der Waals surface area (Å²) in [7, 11) is 0. The monoisotopic (exact) mass is 227 g/mol. The van der Waals surface area contributed by atoms with E-state index in [4.69, 9.17) is 5.11 Å². The van der Waals surface area contributed by atoms with Gasteiger partial charge in [0, 0.05) is 5.54 Å². The first-order valence-corrected chi connectivity index (χ1v) is 6.48. The van der Waals surface area contributed by atoms with Crippen molar-refractivity contribution in [1.29, 1.82) is 0 Å². The van der Waals surface area contributed by atoms with Gasteiger partial charge in [0.15, 0.2) is 0 Å². The fourth-order valence-corrected chi connectivity index (χ4v) is 2.97. The van der Waals surface area contributed by atoms with E-state index >= 15 is 0 Å². The molecule has 3 heteroatoms. The number of nitrogens with one attached hydrogen (secondary N) is 1. The molecule has 0 heterocycles. The molecule has 0 aromatic carbocycles. The Morgan fingerprint density at radius 2 is 2.19 bits per heavy atom. The van der Waals surface area contributed by atoms with Gasteiger partial charge in [-0.15, -0.1) is 0 Å². The lowest BCUT2D eigenvalue weighted by atomic mass is 9.66. The highest BCUT2D eigenvalue weighted by Gasteiger charge is 2.42. The van der Waals surface area contributed by atoms with Crippen molar-refractivity contribution in [3.8, 4) is 0 Å². The molecule has 0 aromatic rings. The summed E-state index contributed by atoms with van der Waals surface area (Å²) in [6.07, 6.45) is 4.71. The second-order valence-electron chi connectivity index (χ2n) is 5.31. The second kappa shape index (κ2) is 5.67. The minimum Gasteiger partial charge on any atom is -0.481 e. The topological polar surface area (TPSA) is 49.3 Å². The lowest BCUT2D eigenvalue weighted by Crippen LogP contribution is -2.55. The molecule has 0 radical (unpaired) electrons. The van der Waals surface area contributed by atoms with Crippen LogP contribution in [-0.4, -0.2) is 23.2 Å². The fourth-order valence-electron chi connectivity index (χ4n) is 2.97. The maximum Gasteiger partial charge on any atom is 0.305 e. The van der Waals surface area contributed by atoms with Gasteiger partial charge >= 0.3 is 5.97 Å². The molecule has 3 nitrogen and oxygen atoms in total. The number of hydrogen-bond donors (Lipinski definition) is 2. The van der Waals surface area contributed by atoms with Crippen molar-refractivity contribution >= 4 is 5.97 Å². The van der Waals surface area contributed by atoms with E-state index in [0.717, 1.165) is 25.8 Å². The number of hydrogen-bond acceptors (Lipinski definition) is 2. The Morgan fingerprint density at radius 3 is 2.75 bits per heavy atom. The number of carboxylic acid groups (broad SMARTS) is 1. The lowest BCUT2D eigenvalue weighted by molar-refractivity contribution is -0.140. The highest BCUT2D eigenvalue weighted by atomic mass is 16.4.